The molecule has 2 aliphatic rings. The number of hydrogen-bond donors (Lipinski definition) is 1. The van der Waals surface area contributed by atoms with Crippen LogP contribution in [0.2, 0.25) is 0 Å². The summed E-state index contributed by atoms with van der Waals surface area (Å²) in [4.78, 5) is 16.0. The lowest BCUT2D eigenvalue weighted by atomic mass is 9.81. The summed E-state index contributed by atoms with van der Waals surface area (Å²) in [6.07, 6.45) is 10.7. The molecular formula is C14H22N2O. The molecule has 0 aromatic rings. The minimum absolute atomic E-state index is 0.0131. The van der Waals surface area contributed by atoms with Crippen LogP contribution in [0.1, 0.15) is 64.2 Å². The van der Waals surface area contributed by atoms with Crippen molar-refractivity contribution >= 4 is 5.91 Å². The molecule has 2 rings (SSSR count). The van der Waals surface area contributed by atoms with Crippen molar-refractivity contribution in [2.45, 2.75) is 75.8 Å². The highest BCUT2D eigenvalue weighted by Gasteiger charge is 2.46. The Morgan fingerprint density at radius 2 is 1.65 bits per heavy atom. The standard InChI is InChI=1S/C14H22N2O/c1-15-14(10-6-3-7-11-14)13(17)16-12-8-4-2-5-9-12/h12H,2-11H2,(H,16,17). The van der Waals surface area contributed by atoms with E-state index in [0.29, 0.717) is 6.04 Å². The molecule has 0 atom stereocenters. The lowest BCUT2D eigenvalue weighted by Gasteiger charge is -2.29. The molecule has 2 fully saturated rings. The normalized spacial score (nSPS) is 24.9. The van der Waals surface area contributed by atoms with E-state index in [2.05, 4.69) is 10.2 Å². The molecule has 17 heavy (non-hydrogen) atoms. The van der Waals surface area contributed by atoms with Crippen molar-refractivity contribution in [3.05, 3.63) is 11.4 Å². The van der Waals surface area contributed by atoms with Crippen LogP contribution in [0.5, 0.6) is 0 Å². The van der Waals surface area contributed by atoms with Gasteiger partial charge < -0.3 is 5.32 Å². The molecule has 0 saturated heterocycles. The van der Waals surface area contributed by atoms with Gasteiger partial charge in [0, 0.05) is 18.9 Å². The predicted molar refractivity (Wildman–Crippen MR) is 67.4 cm³/mol. The number of amides is 1. The van der Waals surface area contributed by atoms with Gasteiger partial charge in [0.05, 0.1) is 0 Å². The lowest BCUT2D eigenvalue weighted by molar-refractivity contribution is -0.126. The topological polar surface area (TPSA) is 33.5 Å². The number of nitrogens with one attached hydrogen (secondary N) is 1. The van der Waals surface area contributed by atoms with Gasteiger partial charge in [0.1, 0.15) is 0 Å². The summed E-state index contributed by atoms with van der Waals surface area (Å²) < 4.78 is 0. The summed E-state index contributed by atoms with van der Waals surface area (Å²) in [6.45, 7) is 7.36. The van der Waals surface area contributed by atoms with E-state index in [1.807, 2.05) is 0 Å². The maximum Gasteiger partial charge on any atom is 0.308 e. The predicted octanol–water partition coefficient (Wildman–Crippen LogP) is 3.06. The summed E-state index contributed by atoms with van der Waals surface area (Å²) in [7, 11) is 0. The fourth-order valence-electron chi connectivity index (χ4n) is 3.09. The molecular weight excluding hydrogens is 212 g/mol. The van der Waals surface area contributed by atoms with Gasteiger partial charge >= 0.3 is 11.4 Å². The first-order chi connectivity index (χ1) is 8.27. The van der Waals surface area contributed by atoms with Crippen molar-refractivity contribution in [3.8, 4) is 0 Å². The summed E-state index contributed by atoms with van der Waals surface area (Å²) in [5.74, 6) is 0.0131. The monoisotopic (exact) mass is 234 g/mol. The Kier molecular flexibility index (Phi) is 4.04. The first-order valence-corrected chi connectivity index (χ1v) is 6.96. The molecule has 2 saturated carbocycles. The van der Waals surface area contributed by atoms with Crippen LogP contribution in [0.15, 0.2) is 0 Å². The number of rotatable bonds is 2. The van der Waals surface area contributed by atoms with E-state index in [-0.39, 0.29) is 5.91 Å². The third-order valence-corrected chi connectivity index (χ3v) is 4.26. The molecule has 0 aromatic carbocycles. The molecule has 3 nitrogen and oxygen atoms in total. The first kappa shape index (κ1) is 12.4. The van der Waals surface area contributed by atoms with Gasteiger partial charge in [-0.1, -0.05) is 25.7 Å². The molecule has 3 heteroatoms. The number of carbonyl (C=O) groups is 1. The molecule has 2 aliphatic carbocycles. The molecule has 0 unspecified atom stereocenters. The van der Waals surface area contributed by atoms with Gasteiger partial charge in [0.15, 0.2) is 0 Å². The van der Waals surface area contributed by atoms with Crippen LogP contribution in [0.25, 0.3) is 4.85 Å². The Labute approximate surface area is 104 Å². The minimum atomic E-state index is -0.726. The van der Waals surface area contributed by atoms with E-state index in [1.54, 1.807) is 0 Å². The highest BCUT2D eigenvalue weighted by Crippen LogP contribution is 2.32. The van der Waals surface area contributed by atoms with E-state index in [0.717, 1.165) is 38.5 Å². The summed E-state index contributed by atoms with van der Waals surface area (Å²) in [5, 5.41) is 3.13. The summed E-state index contributed by atoms with van der Waals surface area (Å²) in [6, 6.07) is 0.330. The molecule has 0 aromatic heterocycles. The van der Waals surface area contributed by atoms with Gasteiger partial charge in [0.25, 0.3) is 0 Å². The van der Waals surface area contributed by atoms with Crippen LogP contribution in [0, 0.1) is 6.57 Å². The van der Waals surface area contributed by atoms with Crippen LogP contribution in [-0.4, -0.2) is 17.5 Å². The molecule has 0 radical (unpaired) electrons. The maximum absolute atomic E-state index is 12.3. The zero-order chi connectivity index (χ0) is 12.1. The Morgan fingerprint density at radius 1 is 1.06 bits per heavy atom. The Hall–Kier alpha value is -1.04. The van der Waals surface area contributed by atoms with Gasteiger partial charge in [-0.05, 0) is 25.7 Å². The highest BCUT2D eigenvalue weighted by atomic mass is 16.2. The van der Waals surface area contributed by atoms with Gasteiger partial charge in [0.2, 0.25) is 0 Å². The van der Waals surface area contributed by atoms with Crippen LogP contribution in [-0.2, 0) is 4.79 Å². The van der Waals surface area contributed by atoms with Crippen molar-refractivity contribution in [1.29, 1.82) is 0 Å². The summed E-state index contributed by atoms with van der Waals surface area (Å²) >= 11 is 0. The van der Waals surface area contributed by atoms with Crippen LogP contribution >= 0.6 is 0 Å². The minimum Gasteiger partial charge on any atom is -0.346 e. The van der Waals surface area contributed by atoms with Gasteiger partial charge in [-0.15, -0.1) is 0 Å². The highest BCUT2D eigenvalue weighted by molar-refractivity contribution is 5.88. The van der Waals surface area contributed by atoms with Crippen molar-refractivity contribution in [3.63, 3.8) is 0 Å². The second-order valence-electron chi connectivity index (χ2n) is 5.51. The van der Waals surface area contributed by atoms with E-state index in [9.17, 15) is 4.79 Å². The maximum atomic E-state index is 12.3. The fourth-order valence-corrected chi connectivity index (χ4v) is 3.09. The zero-order valence-corrected chi connectivity index (χ0v) is 10.5. The number of hydrogen-bond acceptors (Lipinski definition) is 1. The second kappa shape index (κ2) is 5.53. The zero-order valence-electron chi connectivity index (χ0n) is 10.5. The van der Waals surface area contributed by atoms with Gasteiger partial charge in [-0.3, -0.25) is 9.64 Å². The van der Waals surface area contributed by atoms with Crippen LogP contribution in [0.4, 0.5) is 0 Å². The average molecular weight is 234 g/mol. The van der Waals surface area contributed by atoms with E-state index < -0.39 is 5.54 Å². The molecule has 94 valence electrons. The molecule has 1 N–H and O–H groups in total. The molecule has 1 amide bonds. The fraction of sp³-hybridized carbons (Fsp3) is 0.857. The molecule has 0 spiro atoms. The molecule has 0 heterocycles. The van der Waals surface area contributed by atoms with Crippen molar-refractivity contribution < 1.29 is 4.79 Å². The van der Waals surface area contributed by atoms with Gasteiger partial charge in [-0.25, -0.2) is 6.57 Å². The number of carbonyl (C=O) groups excluding carboxylic acids is 1. The van der Waals surface area contributed by atoms with Crippen molar-refractivity contribution in [1.82, 2.24) is 5.32 Å². The molecule has 0 bridgehead atoms. The Balaban J connectivity index is 1.94. The Bertz CT molecular complexity index is 307. The molecule has 0 aliphatic heterocycles. The van der Waals surface area contributed by atoms with E-state index >= 15 is 0 Å². The lowest BCUT2D eigenvalue weighted by Crippen LogP contribution is -2.49. The van der Waals surface area contributed by atoms with Crippen molar-refractivity contribution in [2.75, 3.05) is 0 Å². The first-order valence-electron chi connectivity index (χ1n) is 6.96. The number of nitrogens with zero attached hydrogens (tertiary/aromatic N) is 1. The quantitative estimate of drug-likeness (QED) is 0.732. The second-order valence-corrected chi connectivity index (χ2v) is 5.51. The Morgan fingerprint density at radius 3 is 2.24 bits per heavy atom. The van der Waals surface area contributed by atoms with E-state index in [1.165, 1.54) is 25.7 Å². The SMILES string of the molecule is [C-]#[N+]C1(C(=O)NC2CCCCC2)CCCCC1. The van der Waals surface area contributed by atoms with Crippen molar-refractivity contribution in [2.24, 2.45) is 0 Å². The summed E-state index contributed by atoms with van der Waals surface area (Å²) in [5.41, 5.74) is -0.726. The van der Waals surface area contributed by atoms with Gasteiger partial charge in [-0.2, -0.15) is 0 Å². The third-order valence-electron chi connectivity index (χ3n) is 4.26. The average Bonchev–Trinajstić information content (AvgIpc) is 2.40. The van der Waals surface area contributed by atoms with Crippen LogP contribution < -0.4 is 5.32 Å². The smallest absolute Gasteiger partial charge is 0.308 e. The van der Waals surface area contributed by atoms with E-state index in [4.69, 9.17) is 6.57 Å². The largest absolute Gasteiger partial charge is 0.346 e. The van der Waals surface area contributed by atoms with Crippen LogP contribution in [0.3, 0.4) is 0 Å². The third kappa shape index (κ3) is 2.80.